The summed E-state index contributed by atoms with van der Waals surface area (Å²) in [5.74, 6) is -0.940. The summed E-state index contributed by atoms with van der Waals surface area (Å²) in [5, 5.41) is 8.78. The zero-order valence-electron chi connectivity index (χ0n) is 4.91. The van der Waals surface area contributed by atoms with Crippen molar-refractivity contribution in [3.8, 4) is 0 Å². The molecule has 0 aromatic heterocycles. The van der Waals surface area contributed by atoms with Gasteiger partial charge in [0.2, 0.25) is 0 Å². The van der Waals surface area contributed by atoms with E-state index in [2.05, 4.69) is 0 Å². The van der Waals surface area contributed by atoms with Gasteiger partial charge in [-0.05, 0) is 0 Å². The van der Waals surface area contributed by atoms with Crippen LogP contribution in [0.1, 0.15) is 0 Å². The SMILES string of the molecule is NC[Se]CC(N)C(=O)O. The van der Waals surface area contributed by atoms with Crippen LogP contribution < -0.4 is 11.5 Å². The molecule has 0 aliphatic rings. The van der Waals surface area contributed by atoms with Gasteiger partial charge in [0.25, 0.3) is 0 Å². The molecule has 5 heteroatoms. The molecule has 0 heterocycles. The van der Waals surface area contributed by atoms with Gasteiger partial charge in [-0.3, -0.25) is 0 Å². The Morgan fingerprint density at radius 2 is 2.33 bits per heavy atom. The zero-order chi connectivity index (χ0) is 7.28. The van der Waals surface area contributed by atoms with Crippen molar-refractivity contribution in [2.75, 3.05) is 5.44 Å². The van der Waals surface area contributed by atoms with Gasteiger partial charge in [-0.15, -0.1) is 0 Å². The summed E-state index contributed by atoms with van der Waals surface area (Å²) in [6.45, 7) is 0. The molecule has 0 bridgehead atoms. The molecule has 0 fully saturated rings. The number of carboxylic acids is 1. The average Bonchev–Trinajstić information content (AvgIpc) is 1.82. The number of carbonyl (C=O) groups is 1. The molecule has 4 nitrogen and oxygen atoms in total. The van der Waals surface area contributed by atoms with Crippen molar-refractivity contribution in [3.63, 3.8) is 0 Å². The topological polar surface area (TPSA) is 89.3 Å². The normalized spacial score (nSPS) is 13.1. The van der Waals surface area contributed by atoms with E-state index < -0.39 is 12.0 Å². The van der Waals surface area contributed by atoms with E-state index in [1.807, 2.05) is 0 Å². The van der Waals surface area contributed by atoms with Crippen LogP contribution in [0.15, 0.2) is 0 Å². The van der Waals surface area contributed by atoms with Crippen LogP contribution in [0.4, 0.5) is 0 Å². The van der Waals surface area contributed by atoms with E-state index in [-0.39, 0.29) is 15.0 Å². The predicted octanol–water partition coefficient (Wildman–Crippen LogP) is -1.56. The van der Waals surface area contributed by atoms with Gasteiger partial charge in [0.15, 0.2) is 0 Å². The van der Waals surface area contributed by atoms with Crippen molar-refractivity contribution in [1.29, 1.82) is 0 Å². The van der Waals surface area contributed by atoms with E-state index in [0.29, 0.717) is 10.8 Å². The molecule has 0 aliphatic heterocycles. The molecule has 0 saturated carbocycles. The fraction of sp³-hybridized carbons (Fsp3) is 0.750. The molecule has 9 heavy (non-hydrogen) atoms. The second kappa shape index (κ2) is 4.76. The minimum atomic E-state index is -0.940. The third-order valence-electron chi connectivity index (χ3n) is 0.732. The standard InChI is InChI=1S/C4H10N2O2Se/c5-2-9-1-3(6)4(7)8/h3H,1-2,5-6H2,(H,7,8). The summed E-state index contributed by atoms with van der Waals surface area (Å²) in [5.41, 5.74) is 10.9. The molecule has 0 aromatic carbocycles. The van der Waals surface area contributed by atoms with E-state index in [0.717, 1.165) is 0 Å². The molecule has 54 valence electrons. The Morgan fingerprint density at radius 1 is 1.78 bits per heavy atom. The van der Waals surface area contributed by atoms with E-state index in [9.17, 15) is 4.79 Å². The molecule has 1 atom stereocenters. The first-order chi connectivity index (χ1) is 4.18. The minimum absolute atomic E-state index is 0.192. The second-order valence-corrected chi connectivity index (χ2v) is 3.74. The molecule has 1 unspecified atom stereocenters. The number of aliphatic carboxylic acids is 1. The first-order valence-corrected chi connectivity index (χ1v) is 4.87. The summed E-state index contributed by atoms with van der Waals surface area (Å²) in [7, 11) is 0. The molecule has 0 aromatic rings. The van der Waals surface area contributed by atoms with Crippen LogP contribution in [0, 0.1) is 0 Å². The number of nitrogens with two attached hydrogens (primary N) is 2. The van der Waals surface area contributed by atoms with Crippen LogP contribution in [0.25, 0.3) is 0 Å². The first-order valence-electron chi connectivity index (χ1n) is 2.44. The van der Waals surface area contributed by atoms with Gasteiger partial charge in [0, 0.05) is 0 Å². The Morgan fingerprint density at radius 3 is 2.67 bits per heavy atom. The molecular weight excluding hydrogens is 187 g/mol. The van der Waals surface area contributed by atoms with E-state index in [1.165, 1.54) is 0 Å². The van der Waals surface area contributed by atoms with Crippen LogP contribution in [0.3, 0.4) is 0 Å². The maximum absolute atomic E-state index is 10.0. The van der Waals surface area contributed by atoms with Crippen molar-refractivity contribution >= 4 is 20.9 Å². The quantitative estimate of drug-likeness (QED) is 0.475. The Balaban J connectivity index is 3.27. The van der Waals surface area contributed by atoms with E-state index in [1.54, 1.807) is 0 Å². The van der Waals surface area contributed by atoms with Gasteiger partial charge in [0.05, 0.1) is 0 Å². The summed E-state index contributed by atoms with van der Waals surface area (Å²) < 4.78 is 0. The van der Waals surface area contributed by atoms with E-state index in [4.69, 9.17) is 16.6 Å². The monoisotopic (exact) mass is 198 g/mol. The van der Waals surface area contributed by atoms with Crippen LogP contribution in [-0.4, -0.2) is 37.5 Å². The van der Waals surface area contributed by atoms with Crippen molar-refractivity contribution < 1.29 is 9.90 Å². The molecule has 0 saturated heterocycles. The van der Waals surface area contributed by atoms with Crippen LogP contribution in [0.2, 0.25) is 5.32 Å². The molecule has 0 spiro atoms. The summed E-state index contributed by atoms with van der Waals surface area (Å²) in [4.78, 5) is 10.0. The second-order valence-electron chi connectivity index (χ2n) is 1.48. The molecule has 0 rings (SSSR count). The number of hydrogen-bond acceptors (Lipinski definition) is 3. The molecule has 0 aliphatic carbocycles. The number of rotatable bonds is 4. The van der Waals surface area contributed by atoms with Gasteiger partial charge >= 0.3 is 59.1 Å². The molecule has 5 N–H and O–H groups in total. The fourth-order valence-corrected chi connectivity index (χ4v) is 1.38. The van der Waals surface area contributed by atoms with E-state index >= 15 is 0 Å². The molecule has 0 radical (unpaired) electrons. The summed E-state index contributed by atoms with van der Waals surface area (Å²) in [6, 6.07) is -0.714. The Kier molecular flexibility index (Phi) is 4.71. The molecule has 0 amide bonds. The maximum atomic E-state index is 10.0. The van der Waals surface area contributed by atoms with Crippen LogP contribution in [0.5, 0.6) is 0 Å². The number of hydrogen-bond donors (Lipinski definition) is 3. The predicted molar refractivity (Wildman–Crippen MR) is 35.2 cm³/mol. The van der Waals surface area contributed by atoms with Gasteiger partial charge in [-0.25, -0.2) is 0 Å². The van der Waals surface area contributed by atoms with Gasteiger partial charge in [0.1, 0.15) is 0 Å². The Bertz CT molecular complexity index is 98.6. The van der Waals surface area contributed by atoms with Crippen molar-refractivity contribution in [3.05, 3.63) is 0 Å². The van der Waals surface area contributed by atoms with Gasteiger partial charge < -0.3 is 0 Å². The van der Waals surface area contributed by atoms with Crippen molar-refractivity contribution in [1.82, 2.24) is 0 Å². The van der Waals surface area contributed by atoms with Gasteiger partial charge in [-0.2, -0.15) is 0 Å². The zero-order valence-corrected chi connectivity index (χ0v) is 6.62. The average molecular weight is 197 g/mol. The molecular formula is C4H10N2O2Se. The van der Waals surface area contributed by atoms with Crippen molar-refractivity contribution in [2.24, 2.45) is 11.5 Å². The fourth-order valence-electron chi connectivity index (χ4n) is 0.266. The first kappa shape index (κ1) is 8.91. The Hall–Kier alpha value is -0.0905. The number of carboxylic acid groups (broad SMARTS) is 1. The van der Waals surface area contributed by atoms with Crippen molar-refractivity contribution in [2.45, 2.75) is 11.4 Å². The van der Waals surface area contributed by atoms with Gasteiger partial charge in [-0.1, -0.05) is 0 Å². The third kappa shape index (κ3) is 4.42. The summed E-state index contributed by atoms with van der Waals surface area (Å²) >= 11 is 0.192. The van der Waals surface area contributed by atoms with Crippen LogP contribution in [-0.2, 0) is 4.79 Å². The van der Waals surface area contributed by atoms with Crippen LogP contribution >= 0.6 is 0 Å². The Labute approximate surface area is 59.8 Å². The third-order valence-corrected chi connectivity index (χ3v) is 2.47. The summed E-state index contributed by atoms with van der Waals surface area (Å²) in [6.07, 6.45) is 0.